The molecule has 44 heavy (non-hydrogen) atoms. The molecule has 0 bridgehead atoms. The molecule has 1 spiro atoms. The number of nitrogens with zero attached hydrogens (tertiary/aromatic N) is 4. The van der Waals surface area contributed by atoms with E-state index in [9.17, 15) is 27.9 Å². The zero-order valence-electron chi connectivity index (χ0n) is 24.6. The number of rotatable bonds is 6. The van der Waals surface area contributed by atoms with E-state index in [1.165, 1.54) is 11.0 Å². The highest BCUT2D eigenvalue weighted by Crippen LogP contribution is 2.67. The van der Waals surface area contributed by atoms with Gasteiger partial charge in [0.25, 0.3) is 5.91 Å². The second kappa shape index (κ2) is 9.79. The highest BCUT2D eigenvalue weighted by molar-refractivity contribution is 6.10. The third-order valence-electron chi connectivity index (χ3n) is 10.2. The molecule has 0 saturated heterocycles. The second-order valence-electron chi connectivity index (χ2n) is 13.5. The van der Waals surface area contributed by atoms with E-state index in [-0.39, 0.29) is 40.3 Å². The van der Waals surface area contributed by atoms with Gasteiger partial charge in [-0.25, -0.2) is 4.79 Å². The van der Waals surface area contributed by atoms with Crippen molar-refractivity contribution in [2.24, 2.45) is 12.5 Å². The van der Waals surface area contributed by atoms with E-state index >= 15 is 0 Å². The lowest BCUT2D eigenvalue weighted by molar-refractivity contribution is -0.138. The fourth-order valence-electron chi connectivity index (χ4n) is 7.91. The predicted octanol–water partition coefficient (Wildman–Crippen LogP) is 5.38. The molecule has 3 saturated carbocycles. The van der Waals surface area contributed by atoms with Crippen molar-refractivity contribution in [3.8, 4) is 0 Å². The summed E-state index contributed by atoms with van der Waals surface area (Å²) in [6.45, 7) is 1.27. The Morgan fingerprint density at radius 3 is 2.55 bits per heavy atom. The molecule has 3 aliphatic carbocycles. The van der Waals surface area contributed by atoms with Crippen LogP contribution in [0, 0.1) is 5.41 Å². The van der Waals surface area contributed by atoms with Crippen LogP contribution in [0.5, 0.6) is 0 Å². The number of aliphatic hydroxyl groups is 1. The lowest BCUT2D eigenvalue weighted by Crippen LogP contribution is -2.58. The van der Waals surface area contributed by atoms with Crippen LogP contribution in [0.25, 0.3) is 0 Å². The van der Waals surface area contributed by atoms with Crippen LogP contribution in [0.3, 0.4) is 0 Å². The van der Waals surface area contributed by atoms with E-state index in [4.69, 9.17) is 4.74 Å². The van der Waals surface area contributed by atoms with E-state index in [2.05, 4.69) is 15.5 Å². The summed E-state index contributed by atoms with van der Waals surface area (Å²) in [7, 11) is 1.87. The summed E-state index contributed by atoms with van der Waals surface area (Å²) < 4.78 is 50.0. The molecular formula is C32H34F3N5O4. The Morgan fingerprint density at radius 1 is 1.18 bits per heavy atom. The Hall–Kier alpha value is -3.93. The van der Waals surface area contributed by atoms with E-state index in [1.807, 2.05) is 36.7 Å². The molecular weight excluding hydrogens is 575 g/mol. The number of aromatic nitrogens is 3. The average Bonchev–Trinajstić information content (AvgIpc) is 3.50. The maximum atomic E-state index is 14.3. The summed E-state index contributed by atoms with van der Waals surface area (Å²) in [5.74, 6) is 0.230. The highest BCUT2D eigenvalue weighted by Gasteiger charge is 2.62. The van der Waals surface area contributed by atoms with Crippen LogP contribution >= 0.6 is 0 Å². The number of fused-ring (bicyclic) bond motifs is 1. The topological polar surface area (TPSA) is 110 Å². The molecule has 3 aromatic rings. The molecule has 2 aromatic carbocycles. The van der Waals surface area contributed by atoms with Gasteiger partial charge >= 0.3 is 12.3 Å². The van der Waals surface area contributed by atoms with Gasteiger partial charge in [-0.05, 0) is 98.2 Å². The first kappa shape index (κ1) is 28.8. The monoisotopic (exact) mass is 609 g/mol. The minimum absolute atomic E-state index is 0.0215. The number of aliphatic hydroxyl groups excluding tert-OH is 1. The minimum Gasteiger partial charge on any atom is -0.445 e. The van der Waals surface area contributed by atoms with Gasteiger partial charge in [-0.3, -0.25) is 4.79 Å². The Labute approximate surface area is 252 Å². The van der Waals surface area contributed by atoms with Gasteiger partial charge in [-0.2, -0.15) is 13.2 Å². The van der Waals surface area contributed by atoms with Crippen molar-refractivity contribution in [3.63, 3.8) is 0 Å². The highest BCUT2D eigenvalue weighted by atomic mass is 19.4. The number of hydrogen-bond donors (Lipinski definition) is 2. The van der Waals surface area contributed by atoms with Gasteiger partial charge in [0.1, 0.15) is 18.8 Å². The summed E-state index contributed by atoms with van der Waals surface area (Å²) in [5.41, 5.74) is -0.409. The van der Waals surface area contributed by atoms with Gasteiger partial charge in [0.15, 0.2) is 0 Å². The quantitative estimate of drug-likeness (QED) is 0.388. The zero-order chi connectivity index (χ0) is 31.1. The Bertz CT molecular complexity index is 1650. The molecule has 0 unspecified atom stereocenters. The molecule has 12 heteroatoms. The van der Waals surface area contributed by atoms with Crippen molar-refractivity contribution < 1.29 is 32.6 Å². The third kappa shape index (κ3) is 4.65. The molecule has 1 aliphatic heterocycles. The molecule has 2 N–H and O–H groups in total. The lowest BCUT2D eigenvalue weighted by Gasteiger charge is -2.62. The Balaban J connectivity index is 1.17. The molecule has 3 fully saturated rings. The van der Waals surface area contributed by atoms with Gasteiger partial charge in [0.05, 0.1) is 23.6 Å². The van der Waals surface area contributed by atoms with Crippen LogP contribution in [-0.4, -0.2) is 43.5 Å². The van der Waals surface area contributed by atoms with Crippen LogP contribution in [0.2, 0.25) is 0 Å². The number of carbonyl (C=O) groups excluding carboxylic acids is 2. The third-order valence-corrected chi connectivity index (χ3v) is 10.2. The van der Waals surface area contributed by atoms with Crippen LogP contribution in [0.15, 0.2) is 42.7 Å². The SMILES string of the molecule is Cn1cnnc1C1(c2cccc(N3Cc4c(cc(COC(=O)NC5(C)CCC5)cc4C(F)(F)F)C3=O)c2)CC2(CC(O)C2)C1. The normalized spacial score (nSPS) is 26.9. The molecule has 9 nitrogen and oxygen atoms in total. The first-order chi connectivity index (χ1) is 20.8. The fraction of sp³-hybridized carbons (Fsp3) is 0.500. The number of alkyl halides is 3. The largest absolute Gasteiger partial charge is 0.445 e. The first-order valence-electron chi connectivity index (χ1n) is 14.9. The Morgan fingerprint density at radius 2 is 1.93 bits per heavy atom. The number of benzene rings is 2. The number of carbonyl (C=O) groups is 2. The van der Waals surface area contributed by atoms with Gasteiger partial charge < -0.3 is 24.6 Å². The first-order valence-corrected chi connectivity index (χ1v) is 14.9. The number of ether oxygens (including phenoxy) is 1. The molecule has 0 atom stereocenters. The van der Waals surface area contributed by atoms with Gasteiger partial charge in [0, 0.05) is 23.8 Å². The van der Waals surface area contributed by atoms with Crippen molar-refractivity contribution in [1.82, 2.24) is 20.1 Å². The molecule has 1 aromatic heterocycles. The van der Waals surface area contributed by atoms with Crippen molar-refractivity contribution in [2.75, 3.05) is 4.90 Å². The van der Waals surface area contributed by atoms with Crippen molar-refractivity contribution in [2.45, 2.75) is 88.3 Å². The van der Waals surface area contributed by atoms with E-state index < -0.39 is 35.8 Å². The molecule has 2 heterocycles. The number of amides is 2. The standard InChI is InChI=1S/C32H34F3N5O4/c1-29(7-4-8-29)37-28(43)44-15-19-9-23-24(25(10-19)32(33,34)35)14-40(26(23)42)21-6-3-5-20(11-21)31(27-38-36-18-39(27)2)16-30(17-31)12-22(41)13-30/h3,5-6,9-11,18,22,41H,4,7-8,12-17H2,1-2H3,(H,37,43). The molecule has 2 amide bonds. The zero-order valence-corrected chi connectivity index (χ0v) is 24.6. The van der Waals surface area contributed by atoms with Crippen molar-refractivity contribution in [3.05, 3.63) is 76.4 Å². The average molecular weight is 610 g/mol. The number of anilines is 1. The van der Waals surface area contributed by atoms with E-state index in [0.717, 1.165) is 62.4 Å². The summed E-state index contributed by atoms with van der Waals surface area (Å²) in [6.07, 6.45) is 1.51. The maximum absolute atomic E-state index is 14.3. The van der Waals surface area contributed by atoms with Crippen LogP contribution < -0.4 is 10.2 Å². The number of hydrogen-bond acceptors (Lipinski definition) is 6. The number of alkyl carbamates (subject to hydrolysis) is 1. The Kier molecular flexibility index (Phi) is 6.41. The van der Waals surface area contributed by atoms with Gasteiger partial charge in [-0.1, -0.05) is 12.1 Å². The number of nitrogens with one attached hydrogen (secondary N) is 1. The maximum Gasteiger partial charge on any atom is 0.416 e. The van der Waals surface area contributed by atoms with Crippen LogP contribution in [-0.2, 0) is 36.5 Å². The molecule has 7 rings (SSSR count). The van der Waals surface area contributed by atoms with E-state index in [1.54, 1.807) is 12.4 Å². The summed E-state index contributed by atoms with van der Waals surface area (Å²) in [5, 5.41) is 21.3. The van der Waals surface area contributed by atoms with Crippen LogP contribution in [0.1, 0.15) is 90.3 Å². The van der Waals surface area contributed by atoms with Crippen LogP contribution in [0.4, 0.5) is 23.7 Å². The molecule has 0 radical (unpaired) electrons. The number of aryl methyl sites for hydroxylation is 1. The van der Waals surface area contributed by atoms with Crippen molar-refractivity contribution in [1.29, 1.82) is 0 Å². The predicted molar refractivity (Wildman–Crippen MR) is 153 cm³/mol. The summed E-state index contributed by atoms with van der Waals surface area (Å²) >= 11 is 0. The minimum atomic E-state index is -4.71. The molecule has 232 valence electrons. The van der Waals surface area contributed by atoms with Gasteiger partial charge in [0.2, 0.25) is 0 Å². The smallest absolute Gasteiger partial charge is 0.416 e. The van der Waals surface area contributed by atoms with Crippen molar-refractivity contribution >= 4 is 17.7 Å². The van der Waals surface area contributed by atoms with E-state index in [0.29, 0.717) is 5.69 Å². The summed E-state index contributed by atoms with van der Waals surface area (Å²) in [4.78, 5) is 27.4. The lowest BCUT2D eigenvalue weighted by atomic mass is 9.42. The second-order valence-corrected chi connectivity index (χ2v) is 13.5. The molecule has 4 aliphatic rings. The van der Waals surface area contributed by atoms with Gasteiger partial charge in [-0.15, -0.1) is 10.2 Å². The fourth-order valence-corrected chi connectivity index (χ4v) is 7.91. The summed E-state index contributed by atoms with van der Waals surface area (Å²) in [6, 6.07) is 9.72. The number of halogens is 3.